The van der Waals surface area contributed by atoms with Gasteiger partial charge in [0.1, 0.15) is 12.1 Å². The normalized spacial score (nSPS) is 29.1. The van der Waals surface area contributed by atoms with E-state index in [4.69, 9.17) is 0 Å². The highest BCUT2D eigenvalue weighted by molar-refractivity contribution is 8.14. The summed E-state index contributed by atoms with van der Waals surface area (Å²) in [6.07, 6.45) is 4.22. The van der Waals surface area contributed by atoms with Crippen LogP contribution in [0.25, 0.3) is 0 Å². The molecule has 3 rings (SSSR count). The van der Waals surface area contributed by atoms with E-state index in [9.17, 15) is 14.4 Å². The van der Waals surface area contributed by atoms with E-state index in [1.54, 1.807) is 0 Å². The van der Waals surface area contributed by atoms with Gasteiger partial charge < -0.3 is 10.6 Å². The summed E-state index contributed by atoms with van der Waals surface area (Å²) in [7, 11) is 0. The lowest BCUT2D eigenvalue weighted by Crippen LogP contribution is -2.51. The molecule has 3 aliphatic rings. The van der Waals surface area contributed by atoms with Crippen LogP contribution in [0.1, 0.15) is 52.9 Å². The van der Waals surface area contributed by atoms with Crippen molar-refractivity contribution in [2.24, 2.45) is 16.3 Å². The highest BCUT2D eigenvalue weighted by Crippen LogP contribution is 2.45. The summed E-state index contributed by atoms with van der Waals surface area (Å²) in [5.41, 5.74) is -0.580. The van der Waals surface area contributed by atoms with Gasteiger partial charge in [0, 0.05) is 5.75 Å². The van der Waals surface area contributed by atoms with Crippen molar-refractivity contribution in [1.82, 2.24) is 15.5 Å². The molecule has 2 heterocycles. The second-order valence-electron chi connectivity index (χ2n) is 8.10. The Morgan fingerprint density at radius 3 is 2.65 bits per heavy atom. The van der Waals surface area contributed by atoms with E-state index in [1.165, 1.54) is 11.8 Å². The summed E-state index contributed by atoms with van der Waals surface area (Å²) in [5, 5.41) is 6.12. The fourth-order valence-electron chi connectivity index (χ4n) is 4.05. The highest BCUT2D eigenvalue weighted by Gasteiger charge is 2.53. The Balaban J connectivity index is 1.61. The zero-order valence-corrected chi connectivity index (χ0v) is 16.6. The van der Waals surface area contributed by atoms with E-state index in [0.29, 0.717) is 30.5 Å². The van der Waals surface area contributed by atoms with Crippen molar-refractivity contribution in [2.75, 3.05) is 18.8 Å². The average Bonchev–Trinajstić information content (AvgIpc) is 3.18. The van der Waals surface area contributed by atoms with Crippen LogP contribution in [0, 0.1) is 11.3 Å². The van der Waals surface area contributed by atoms with Crippen LogP contribution in [0.2, 0.25) is 0 Å². The van der Waals surface area contributed by atoms with E-state index in [0.717, 1.165) is 29.9 Å². The van der Waals surface area contributed by atoms with Gasteiger partial charge >= 0.3 is 6.03 Å². The third kappa shape index (κ3) is 3.61. The van der Waals surface area contributed by atoms with Gasteiger partial charge in [-0.25, -0.2) is 4.79 Å². The maximum absolute atomic E-state index is 12.9. The summed E-state index contributed by atoms with van der Waals surface area (Å²) >= 11 is 1.47. The first-order chi connectivity index (χ1) is 12.3. The second-order valence-corrected chi connectivity index (χ2v) is 9.19. The number of thioether (sulfide) groups is 1. The number of amides is 4. The predicted molar refractivity (Wildman–Crippen MR) is 102 cm³/mol. The Hall–Kier alpha value is -1.57. The average molecular weight is 381 g/mol. The molecule has 0 radical (unpaired) electrons. The molecule has 0 aromatic rings. The van der Waals surface area contributed by atoms with Gasteiger partial charge in [0.2, 0.25) is 5.91 Å². The van der Waals surface area contributed by atoms with Crippen LogP contribution in [-0.4, -0.2) is 52.3 Å². The minimum absolute atomic E-state index is 0.243. The molecule has 26 heavy (non-hydrogen) atoms. The fourth-order valence-corrected chi connectivity index (χ4v) is 4.80. The molecule has 144 valence electrons. The van der Waals surface area contributed by atoms with Crippen LogP contribution < -0.4 is 10.6 Å². The minimum atomic E-state index is -0.822. The maximum Gasteiger partial charge on any atom is 0.325 e. The van der Waals surface area contributed by atoms with Crippen molar-refractivity contribution < 1.29 is 14.4 Å². The Bertz CT molecular complexity index is 638. The van der Waals surface area contributed by atoms with E-state index in [1.807, 2.05) is 0 Å². The largest absolute Gasteiger partial charge is 0.325 e. The number of imide groups is 1. The molecule has 2 fully saturated rings. The Kier molecular flexibility index (Phi) is 5.33. The molecule has 1 spiro atoms. The molecule has 0 atom stereocenters. The smallest absolute Gasteiger partial charge is 0.323 e. The van der Waals surface area contributed by atoms with Crippen LogP contribution in [-0.2, 0) is 9.59 Å². The molecule has 8 heteroatoms. The van der Waals surface area contributed by atoms with Crippen LogP contribution in [0.3, 0.4) is 0 Å². The number of aliphatic imine (C=N–C) groups is 1. The van der Waals surface area contributed by atoms with Gasteiger partial charge in [-0.05, 0) is 37.0 Å². The summed E-state index contributed by atoms with van der Waals surface area (Å²) < 4.78 is 0. The molecule has 0 aromatic heterocycles. The first-order valence-corrected chi connectivity index (χ1v) is 10.4. The van der Waals surface area contributed by atoms with Crippen molar-refractivity contribution >= 4 is 34.8 Å². The van der Waals surface area contributed by atoms with Crippen LogP contribution >= 0.6 is 11.8 Å². The van der Waals surface area contributed by atoms with Crippen molar-refractivity contribution in [1.29, 1.82) is 0 Å². The van der Waals surface area contributed by atoms with Gasteiger partial charge in [0.25, 0.3) is 5.91 Å². The number of carbonyl (C=O) groups excluding carboxylic acids is 3. The number of hydrogen-bond acceptors (Lipinski definition) is 5. The molecule has 0 bridgehead atoms. The standard InChI is InChI=1S/C18H28N4O3S/c1-4-17(2,3)12-5-7-18(8-6-12)14(24)22(16(25)21-18)11-13(23)20-15-19-9-10-26-15/h12H,4-11H2,1-3H3,(H,21,25)(H,19,20,23). The summed E-state index contributed by atoms with van der Waals surface area (Å²) in [6, 6.07) is -0.459. The third-order valence-electron chi connectivity index (χ3n) is 6.24. The molecular formula is C18H28N4O3S. The van der Waals surface area contributed by atoms with Gasteiger partial charge in [-0.15, -0.1) is 0 Å². The summed E-state index contributed by atoms with van der Waals surface area (Å²) in [5.74, 6) is 0.764. The van der Waals surface area contributed by atoms with Gasteiger partial charge in [0.05, 0.1) is 6.54 Å². The van der Waals surface area contributed by atoms with Gasteiger partial charge in [-0.3, -0.25) is 19.5 Å². The number of carbonyl (C=O) groups is 3. The van der Waals surface area contributed by atoms with E-state index in [2.05, 4.69) is 36.4 Å². The van der Waals surface area contributed by atoms with Crippen LogP contribution in [0.5, 0.6) is 0 Å². The number of nitrogens with zero attached hydrogens (tertiary/aromatic N) is 2. The lowest BCUT2D eigenvalue weighted by molar-refractivity contribution is -0.136. The summed E-state index contributed by atoms with van der Waals surface area (Å²) in [4.78, 5) is 42.6. The number of hydrogen-bond donors (Lipinski definition) is 2. The Morgan fingerprint density at radius 1 is 1.38 bits per heavy atom. The summed E-state index contributed by atoms with van der Waals surface area (Å²) in [6.45, 7) is 7.16. The zero-order valence-electron chi connectivity index (χ0n) is 15.8. The third-order valence-corrected chi connectivity index (χ3v) is 7.13. The highest BCUT2D eigenvalue weighted by atomic mass is 32.2. The molecular weight excluding hydrogens is 352 g/mol. The number of amidine groups is 1. The van der Waals surface area contributed by atoms with E-state index < -0.39 is 11.6 Å². The van der Waals surface area contributed by atoms with Crippen molar-refractivity contribution in [3.05, 3.63) is 0 Å². The fraction of sp³-hybridized carbons (Fsp3) is 0.778. The molecule has 1 saturated heterocycles. The quantitative estimate of drug-likeness (QED) is 0.731. The van der Waals surface area contributed by atoms with Crippen molar-refractivity contribution in [2.45, 2.75) is 58.4 Å². The maximum atomic E-state index is 12.9. The van der Waals surface area contributed by atoms with E-state index >= 15 is 0 Å². The number of rotatable bonds is 4. The lowest BCUT2D eigenvalue weighted by atomic mass is 9.65. The first kappa shape index (κ1) is 19.2. The van der Waals surface area contributed by atoms with Crippen molar-refractivity contribution in [3.63, 3.8) is 0 Å². The Labute approximate surface area is 158 Å². The minimum Gasteiger partial charge on any atom is -0.323 e. The number of urea groups is 1. The molecule has 1 saturated carbocycles. The van der Waals surface area contributed by atoms with Crippen molar-refractivity contribution in [3.8, 4) is 0 Å². The molecule has 2 aliphatic heterocycles. The van der Waals surface area contributed by atoms with Crippen LogP contribution in [0.15, 0.2) is 4.99 Å². The predicted octanol–water partition coefficient (Wildman–Crippen LogP) is 2.12. The topological polar surface area (TPSA) is 90.9 Å². The van der Waals surface area contributed by atoms with E-state index in [-0.39, 0.29) is 23.8 Å². The lowest BCUT2D eigenvalue weighted by Gasteiger charge is -2.42. The van der Waals surface area contributed by atoms with Gasteiger partial charge in [-0.2, -0.15) is 0 Å². The number of nitrogens with one attached hydrogen (secondary N) is 2. The molecule has 2 N–H and O–H groups in total. The van der Waals surface area contributed by atoms with Crippen LogP contribution in [0.4, 0.5) is 4.79 Å². The van der Waals surface area contributed by atoms with Gasteiger partial charge in [0.15, 0.2) is 5.17 Å². The first-order valence-electron chi connectivity index (χ1n) is 9.38. The van der Waals surface area contributed by atoms with Gasteiger partial charge in [-0.1, -0.05) is 39.0 Å². The molecule has 4 amide bonds. The molecule has 0 aromatic carbocycles. The zero-order chi connectivity index (χ0) is 18.9. The molecule has 0 unspecified atom stereocenters. The molecule has 7 nitrogen and oxygen atoms in total. The molecule has 1 aliphatic carbocycles. The SMILES string of the molecule is CCC(C)(C)C1CCC2(CC1)NC(=O)N(CC(=O)NC1=NCCS1)C2=O. The Morgan fingerprint density at radius 2 is 2.08 bits per heavy atom. The monoisotopic (exact) mass is 380 g/mol. The second kappa shape index (κ2) is 7.21.